The van der Waals surface area contributed by atoms with Crippen LogP contribution < -0.4 is 26.2 Å². The fraction of sp³-hybridized carbons (Fsp3) is 0.174. The molecule has 3 aromatic heterocycles. The van der Waals surface area contributed by atoms with Gasteiger partial charge in [-0.1, -0.05) is 0 Å². The SMILES string of the molecule is CCOc1cc([C@H](Nc2ccc(C(=N)N)cc2)c2nn(-c3ccsc3C(=O)O)c(=O)[nH]2)cnc1OC. The number of nitrogens with zero attached hydrogens (tertiary/aromatic N) is 3. The van der Waals surface area contributed by atoms with Crippen LogP contribution in [0.25, 0.3) is 5.69 Å². The van der Waals surface area contributed by atoms with E-state index in [1.54, 1.807) is 41.9 Å². The molecule has 0 unspecified atom stereocenters. The molecule has 0 saturated carbocycles. The van der Waals surface area contributed by atoms with Gasteiger partial charge < -0.3 is 25.6 Å². The van der Waals surface area contributed by atoms with Gasteiger partial charge in [-0.3, -0.25) is 10.4 Å². The van der Waals surface area contributed by atoms with E-state index in [1.165, 1.54) is 13.2 Å². The number of nitrogen functional groups attached to an aromatic ring is 1. The van der Waals surface area contributed by atoms with Crippen molar-refractivity contribution >= 4 is 28.8 Å². The Kier molecular flexibility index (Phi) is 7.01. The van der Waals surface area contributed by atoms with Crippen molar-refractivity contribution < 1.29 is 19.4 Å². The van der Waals surface area contributed by atoms with Crippen LogP contribution in [0.3, 0.4) is 0 Å². The zero-order valence-corrected chi connectivity index (χ0v) is 20.1. The van der Waals surface area contributed by atoms with Crippen molar-refractivity contribution in [2.24, 2.45) is 5.73 Å². The maximum atomic E-state index is 12.8. The number of anilines is 1. The Morgan fingerprint density at radius 3 is 2.72 bits per heavy atom. The number of ether oxygens (including phenoxy) is 2. The van der Waals surface area contributed by atoms with Gasteiger partial charge in [0.15, 0.2) is 11.6 Å². The third kappa shape index (κ3) is 4.90. The van der Waals surface area contributed by atoms with Crippen LogP contribution in [0.1, 0.15) is 39.6 Å². The van der Waals surface area contributed by atoms with E-state index in [4.69, 9.17) is 20.6 Å². The van der Waals surface area contributed by atoms with Gasteiger partial charge in [0.2, 0.25) is 0 Å². The number of aromatic nitrogens is 4. The number of hydrogen-bond donors (Lipinski definition) is 5. The second kappa shape index (κ2) is 10.3. The number of aromatic carboxylic acids is 1. The third-order valence-corrected chi connectivity index (χ3v) is 6.04. The highest BCUT2D eigenvalue weighted by molar-refractivity contribution is 7.12. The van der Waals surface area contributed by atoms with Gasteiger partial charge in [-0.15, -0.1) is 16.4 Å². The number of thiophene rings is 1. The van der Waals surface area contributed by atoms with Gasteiger partial charge >= 0.3 is 11.7 Å². The Bertz CT molecular complexity index is 1460. The summed E-state index contributed by atoms with van der Waals surface area (Å²) in [6, 6.07) is 9.37. The van der Waals surface area contributed by atoms with Crippen molar-refractivity contribution in [2.75, 3.05) is 19.0 Å². The van der Waals surface area contributed by atoms with Crippen LogP contribution in [0.15, 0.2) is 52.8 Å². The summed E-state index contributed by atoms with van der Waals surface area (Å²) in [4.78, 5) is 31.4. The maximum Gasteiger partial charge on any atom is 0.348 e. The summed E-state index contributed by atoms with van der Waals surface area (Å²) in [5.41, 5.74) is 6.91. The zero-order chi connectivity index (χ0) is 25.8. The number of H-pyrrole nitrogens is 1. The molecule has 0 saturated heterocycles. The van der Waals surface area contributed by atoms with E-state index in [-0.39, 0.29) is 22.2 Å². The van der Waals surface area contributed by atoms with Crippen LogP contribution in [0.2, 0.25) is 0 Å². The first kappa shape index (κ1) is 24.5. The van der Waals surface area contributed by atoms with Gasteiger partial charge in [-0.25, -0.2) is 14.6 Å². The van der Waals surface area contributed by atoms with Gasteiger partial charge in [-0.2, -0.15) is 4.68 Å². The molecule has 0 fully saturated rings. The van der Waals surface area contributed by atoms with E-state index in [0.29, 0.717) is 35.1 Å². The number of aromatic amines is 1. The molecule has 4 rings (SSSR count). The van der Waals surface area contributed by atoms with Crippen LogP contribution >= 0.6 is 11.3 Å². The highest BCUT2D eigenvalue weighted by Crippen LogP contribution is 2.31. The Morgan fingerprint density at radius 1 is 1.33 bits per heavy atom. The van der Waals surface area contributed by atoms with Crippen molar-refractivity contribution in [3.8, 4) is 17.3 Å². The van der Waals surface area contributed by atoms with Crippen LogP contribution in [0.5, 0.6) is 11.6 Å². The van der Waals surface area contributed by atoms with Crippen LogP contribution in [0.4, 0.5) is 5.69 Å². The molecular weight excluding hydrogens is 486 g/mol. The van der Waals surface area contributed by atoms with E-state index < -0.39 is 17.7 Å². The van der Waals surface area contributed by atoms with E-state index in [2.05, 4.69) is 20.4 Å². The first-order valence-corrected chi connectivity index (χ1v) is 11.6. The molecule has 186 valence electrons. The first-order chi connectivity index (χ1) is 17.3. The lowest BCUT2D eigenvalue weighted by atomic mass is 10.1. The minimum absolute atomic E-state index is 0.00998. The molecule has 4 aromatic rings. The zero-order valence-electron chi connectivity index (χ0n) is 19.3. The predicted octanol–water partition coefficient (Wildman–Crippen LogP) is 2.61. The van der Waals surface area contributed by atoms with E-state index in [0.717, 1.165) is 16.0 Å². The van der Waals surface area contributed by atoms with Crippen LogP contribution in [0, 0.1) is 5.41 Å². The number of carboxylic acids is 1. The van der Waals surface area contributed by atoms with Crippen molar-refractivity contribution in [3.63, 3.8) is 0 Å². The smallest absolute Gasteiger partial charge is 0.348 e. The Hall–Kier alpha value is -4.65. The Morgan fingerprint density at radius 2 is 2.08 bits per heavy atom. The molecular formula is C23H23N7O5S. The molecule has 0 bridgehead atoms. The lowest BCUT2D eigenvalue weighted by Gasteiger charge is -2.19. The van der Waals surface area contributed by atoms with Crippen LogP contribution in [-0.2, 0) is 0 Å². The van der Waals surface area contributed by atoms with Gasteiger partial charge in [0.1, 0.15) is 16.8 Å². The number of amidine groups is 1. The molecule has 0 aliphatic carbocycles. The van der Waals surface area contributed by atoms with Gasteiger partial charge in [0.25, 0.3) is 5.88 Å². The molecule has 1 aromatic carbocycles. The fourth-order valence-electron chi connectivity index (χ4n) is 3.50. The minimum atomic E-state index is -1.16. The first-order valence-electron chi connectivity index (χ1n) is 10.7. The van der Waals surface area contributed by atoms with Crippen molar-refractivity contribution in [1.82, 2.24) is 19.7 Å². The monoisotopic (exact) mass is 509 g/mol. The standard InChI is InChI=1S/C23H23N7O5S/c1-3-35-16-10-13(11-26-21(16)34-2)17(27-14-6-4-12(5-7-14)19(24)25)20-28-23(33)30(29-20)15-8-9-36-18(15)22(31)32/h4-11,17,27H,3H2,1-2H3,(H3,24,25)(H,31,32)(H,28,29,33)/t17-/m0/s1. The summed E-state index contributed by atoms with van der Waals surface area (Å²) in [5, 5.41) is 26.3. The quantitative estimate of drug-likeness (QED) is 0.158. The normalized spacial score (nSPS) is 11.6. The number of pyridine rings is 1. The molecule has 12 nitrogen and oxygen atoms in total. The third-order valence-electron chi connectivity index (χ3n) is 5.15. The molecule has 0 amide bonds. The maximum absolute atomic E-state index is 12.8. The van der Waals surface area contributed by atoms with E-state index in [1.807, 2.05) is 6.92 Å². The number of methoxy groups -OCH3 is 1. The van der Waals surface area contributed by atoms with E-state index in [9.17, 15) is 14.7 Å². The molecule has 0 aliphatic rings. The highest BCUT2D eigenvalue weighted by Gasteiger charge is 2.24. The molecule has 0 spiro atoms. The van der Waals surface area contributed by atoms with Gasteiger partial charge in [-0.05, 0) is 48.7 Å². The number of hydrogen-bond acceptors (Lipinski definition) is 9. The fourth-order valence-corrected chi connectivity index (χ4v) is 4.21. The summed E-state index contributed by atoms with van der Waals surface area (Å²) in [5.74, 6) is -0.297. The number of rotatable bonds is 10. The second-order valence-electron chi connectivity index (χ2n) is 7.44. The number of benzene rings is 1. The highest BCUT2D eigenvalue weighted by atomic mass is 32.1. The van der Waals surface area contributed by atoms with Crippen molar-refractivity contribution in [1.29, 1.82) is 5.41 Å². The number of nitrogens with one attached hydrogen (secondary N) is 3. The van der Waals surface area contributed by atoms with Crippen LogP contribution in [-0.4, -0.2) is 50.4 Å². The Labute approximate surface area is 208 Å². The minimum Gasteiger partial charge on any atom is -0.488 e. The summed E-state index contributed by atoms with van der Waals surface area (Å²) in [6.07, 6.45) is 1.56. The van der Waals surface area contributed by atoms with Crippen molar-refractivity contribution in [3.05, 3.63) is 80.3 Å². The molecule has 0 radical (unpaired) electrons. The lowest BCUT2D eigenvalue weighted by molar-refractivity contribution is 0.0702. The molecule has 3 heterocycles. The van der Waals surface area contributed by atoms with E-state index >= 15 is 0 Å². The molecule has 13 heteroatoms. The summed E-state index contributed by atoms with van der Waals surface area (Å²) in [6.45, 7) is 2.21. The summed E-state index contributed by atoms with van der Waals surface area (Å²) >= 11 is 0.996. The predicted molar refractivity (Wildman–Crippen MR) is 134 cm³/mol. The average Bonchev–Trinajstić information content (AvgIpc) is 3.49. The number of nitrogens with two attached hydrogens (primary N) is 1. The summed E-state index contributed by atoms with van der Waals surface area (Å²) in [7, 11) is 1.48. The van der Waals surface area contributed by atoms with Crippen molar-refractivity contribution in [2.45, 2.75) is 13.0 Å². The molecule has 6 N–H and O–H groups in total. The molecule has 1 atom stereocenters. The topological polar surface area (TPSA) is 181 Å². The molecule has 36 heavy (non-hydrogen) atoms. The Balaban J connectivity index is 1.81. The summed E-state index contributed by atoms with van der Waals surface area (Å²) < 4.78 is 12.0. The second-order valence-corrected chi connectivity index (χ2v) is 8.36. The number of carbonyl (C=O) groups is 1. The van der Waals surface area contributed by atoms with Gasteiger partial charge in [0, 0.05) is 23.0 Å². The van der Waals surface area contributed by atoms with Gasteiger partial charge in [0.05, 0.1) is 19.4 Å². The average molecular weight is 510 g/mol. The molecule has 0 aliphatic heterocycles. The lowest BCUT2D eigenvalue weighted by Crippen LogP contribution is -2.17. The number of carboxylic acid groups (broad SMARTS) is 1. The largest absolute Gasteiger partial charge is 0.488 e.